The van der Waals surface area contributed by atoms with Gasteiger partial charge in [0, 0.05) is 26.2 Å². The van der Waals surface area contributed by atoms with Gasteiger partial charge in [0.15, 0.2) is 0 Å². The van der Waals surface area contributed by atoms with Crippen LogP contribution < -0.4 is 0 Å². The molecule has 0 amide bonds. The highest BCUT2D eigenvalue weighted by Crippen LogP contribution is 2.24. The van der Waals surface area contributed by atoms with Crippen molar-refractivity contribution in [1.29, 1.82) is 0 Å². The fourth-order valence-electron chi connectivity index (χ4n) is 2.86. The van der Waals surface area contributed by atoms with Crippen molar-refractivity contribution in [3.63, 3.8) is 0 Å². The SMILES string of the molecule is CC(=O)CC[C@H](/C=C/[C@@](C)(O)C[C@H](/C=C(\C)CCC=O)OC(C)=O)C(C)C. The van der Waals surface area contributed by atoms with E-state index in [-0.39, 0.29) is 18.1 Å². The van der Waals surface area contributed by atoms with Crippen molar-refractivity contribution in [2.24, 2.45) is 11.8 Å². The van der Waals surface area contributed by atoms with E-state index in [1.54, 1.807) is 26.0 Å². The first kappa shape index (κ1) is 25.2. The van der Waals surface area contributed by atoms with Crippen molar-refractivity contribution in [3.05, 3.63) is 23.8 Å². The molecule has 0 radical (unpaired) electrons. The number of carbonyl (C=O) groups is 3. The van der Waals surface area contributed by atoms with Crippen LogP contribution in [0.1, 0.15) is 73.6 Å². The Hall–Kier alpha value is -1.75. The fraction of sp³-hybridized carbons (Fsp3) is 0.682. The maximum atomic E-state index is 11.4. The molecule has 5 heteroatoms. The number of Topliss-reactive ketones (excluding diaryl/α,β-unsaturated/α-hetero) is 1. The third-order valence-electron chi connectivity index (χ3n) is 4.45. The molecular formula is C22H36O5. The minimum atomic E-state index is -1.16. The lowest BCUT2D eigenvalue weighted by Gasteiger charge is -2.26. The molecule has 0 aromatic carbocycles. The molecule has 0 bridgehead atoms. The van der Waals surface area contributed by atoms with Gasteiger partial charge in [0.25, 0.3) is 0 Å². The van der Waals surface area contributed by atoms with Crippen LogP contribution in [0.5, 0.6) is 0 Å². The summed E-state index contributed by atoms with van der Waals surface area (Å²) in [5.41, 5.74) is -0.222. The average molecular weight is 381 g/mol. The van der Waals surface area contributed by atoms with Gasteiger partial charge in [-0.15, -0.1) is 0 Å². The summed E-state index contributed by atoms with van der Waals surface area (Å²) >= 11 is 0. The number of aliphatic hydroxyl groups is 1. The summed E-state index contributed by atoms with van der Waals surface area (Å²) in [5, 5.41) is 10.8. The average Bonchev–Trinajstić information content (AvgIpc) is 2.50. The maximum absolute atomic E-state index is 11.4. The largest absolute Gasteiger partial charge is 0.458 e. The molecule has 5 nitrogen and oxygen atoms in total. The van der Waals surface area contributed by atoms with Crippen molar-refractivity contribution < 1.29 is 24.2 Å². The zero-order chi connectivity index (χ0) is 21.0. The van der Waals surface area contributed by atoms with Gasteiger partial charge in [-0.1, -0.05) is 31.6 Å². The molecule has 0 saturated carbocycles. The van der Waals surface area contributed by atoms with Gasteiger partial charge in [0.2, 0.25) is 0 Å². The molecule has 0 aromatic heterocycles. The summed E-state index contributed by atoms with van der Waals surface area (Å²) in [6.07, 6.45) is 8.28. The Morgan fingerprint density at radius 3 is 2.26 bits per heavy atom. The molecule has 0 heterocycles. The Morgan fingerprint density at radius 2 is 1.78 bits per heavy atom. The molecule has 27 heavy (non-hydrogen) atoms. The third kappa shape index (κ3) is 13.1. The smallest absolute Gasteiger partial charge is 0.303 e. The molecule has 3 atom stereocenters. The molecule has 0 rings (SSSR count). The van der Waals surface area contributed by atoms with Gasteiger partial charge < -0.3 is 19.4 Å². The minimum Gasteiger partial charge on any atom is -0.458 e. The number of ketones is 1. The molecule has 0 aliphatic carbocycles. The number of allylic oxidation sites excluding steroid dienone is 2. The first-order valence-electron chi connectivity index (χ1n) is 9.66. The van der Waals surface area contributed by atoms with Gasteiger partial charge in [-0.3, -0.25) is 4.79 Å². The number of aldehydes is 1. The third-order valence-corrected chi connectivity index (χ3v) is 4.45. The second-order valence-corrected chi connectivity index (χ2v) is 7.94. The minimum absolute atomic E-state index is 0.159. The summed E-state index contributed by atoms with van der Waals surface area (Å²) in [5.74, 6) is 0.288. The molecule has 0 fully saturated rings. The van der Waals surface area contributed by atoms with E-state index in [1.807, 2.05) is 13.0 Å². The number of hydrogen-bond donors (Lipinski definition) is 1. The van der Waals surface area contributed by atoms with Crippen LogP contribution in [0.3, 0.4) is 0 Å². The van der Waals surface area contributed by atoms with E-state index in [1.165, 1.54) is 6.92 Å². The van der Waals surface area contributed by atoms with E-state index < -0.39 is 17.7 Å². The first-order chi connectivity index (χ1) is 12.5. The van der Waals surface area contributed by atoms with E-state index in [0.29, 0.717) is 25.2 Å². The van der Waals surface area contributed by atoms with E-state index in [4.69, 9.17) is 4.74 Å². The highest BCUT2D eigenvalue weighted by atomic mass is 16.5. The highest BCUT2D eigenvalue weighted by molar-refractivity contribution is 5.75. The quantitative estimate of drug-likeness (QED) is 0.294. The van der Waals surface area contributed by atoms with Crippen LogP contribution in [0.15, 0.2) is 23.8 Å². The predicted octanol–water partition coefficient (Wildman–Crippen LogP) is 4.18. The number of carbonyl (C=O) groups excluding carboxylic acids is 3. The summed E-state index contributed by atoms with van der Waals surface area (Å²) in [4.78, 5) is 33.2. The van der Waals surface area contributed by atoms with Crippen LogP contribution in [0, 0.1) is 11.8 Å². The molecule has 0 saturated heterocycles. The number of hydrogen-bond acceptors (Lipinski definition) is 5. The summed E-state index contributed by atoms with van der Waals surface area (Å²) in [6.45, 7) is 10.6. The normalized spacial score (nSPS) is 16.8. The van der Waals surface area contributed by atoms with Gasteiger partial charge in [-0.2, -0.15) is 0 Å². The van der Waals surface area contributed by atoms with E-state index in [2.05, 4.69) is 13.8 Å². The lowest BCUT2D eigenvalue weighted by atomic mass is 9.87. The molecule has 0 spiro atoms. The molecule has 0 unspecified atom stereocenters. The molecule has 1 N–H and O–H groups in total. The van der Waals surface area contributed by atoms with Crippen molar-refractivity contribution in [2.75, 3.05) is 0 Å². The molecule has 0 aromatic rings. The summed E-state index contributed by atoms with van der Waals surface area (Å²) in [6, 6.07) is 0. The van der Waals surface area contributed by atoms with Crippen molar-refractivity contribution in [1.82, 2.24) is 0 Å². The van der Waals surface area contributed by atoms with Crippen LogP contribution in [0.4, 0.5) is 0 Å². The highest BCUT2D eigenvalue weighted by Gasteiger charge is 2.24. The number of esters is 1. The molecule has 0 aliphatic rings. The van der Waals surface area contributed by atoms with Crippen molar-refractivity contribution >= 4 is 18.0 Å². The van der Waals surface area contributed by atoms with Crippen LogP contribution in [-0.2, 0) is 19.1 Å². The second-order valence-electron chi connectivity index (χ2n) is 7.94. The standard InChI is InChI=1S/C22H36O5/c1-16(2)20(10-9-18(4)24)11-12-22(6,26)15-21(27-19(5)25)14-17(3)8-7-13-23/h11-14,16,20-21,26H,7-10,15H2,1-6H3/b12-11+,17-14+/t20-,21+,22-/m1/s1. The van der Waals surface area contributed by atoms with Gasteiger partial charge in [0.05, 0.1) is 5.60 Å². The van der Waals surface area contributed by atoms with Crippen LogP contribution in [0.25, 0.3) is 0 Å². The summed E-state index contributed by atoms with van der Waals surface area (Å²) < 4.78 is 5.33. The summed E-state index contributed by atoms with van der Waals surface area (Å²) in [7, 11) is 0. The molecular weight excluding hydrogens is 344 g/mol. The van der Waals surface area contributed by atoms with E-state index >= 15 is 0 Å². The van der Waals surface area contributed by atoms with Crippen molar-refractivity contribution in [2.45, 2.75) is 85.4 Å². The maximum Gasteiger partial charge on any atom is 0.303 e. The predicted molar refractivity (Wildman–Crippen MR) is 107 cm³/mol. The fourth-order valence-corrected chi connectivity index (χ4v) is 2.86. The Balaban J connectivity index is 5.16. The van der Waals surface area contributed by atoms with Crippen LogP contribution >= 0.6 is 0 Å². The number of rotatable bonds is 13. The Morgan fingerprint density at radius 1 is 1.15 bits per heavy atom. The zero-order valence-electron chi connectivity index (χ0n) is 17.7. The van der Waals surface area contributed by atoms with Gasteiger partial charge >= 0.3 is 5.97 Å². The van der Waals surface area contributed by atoms with Crippen LogP contribution in [0.2, 0.25) is 0 Å². The van der Waals surface area contributed by atoms with Crippen molar-refractivity contribution in [3.8, 4) is 0 Å². The van der Waals surface area contributed by atoms with E-state index in [0.717, 1.165) is 18.3 Å². The van der Waals surface area contributed by atoms with Gasteiger partial charge in [0.1, 0.15) is 18.2 Å². The van der Waals surface area contributed by atoms with Gasteiger partial charge in [-0.25, -0.2) is 0 Å². The lowest BCUT2D eigenvalue weighted by molar-refractivity contribution is -0.145. The van der Waals surface area contributed by atoms with Crippen LogP contribution in [-0.4, -0.2) is 34.9 Å². The second kappa shape index (κ2) is 12.6. The molecule has 154 valence electrons. The topological polar surface area (TPSA) is 80.7 Å². The Kier molecular flexibility index (Phi) is 11.8. The first-order valence-corrected chi connectivity index (χ1v) is 9.66. The monoisotopic (exact) mass is 380 g/mol. The van der Waals surface area contributed by atoms with Gasteiger partial charge in [-0.05, 0) is 51.5 Å². The Labute approximate surface area is 163 Å². The zero-order valence-corrected chi connectivity index (χ0v) is 17.7. The van der Waals surface area contributed by atoms with E-state index in [9.17, 15) is 19.5 Å². The Bertz CT molecular complexity index is 543. The molecule has 0 aliphatic heterocycles. The number of ether oxygens (including phenoxy) is 1. The lowest BCUT2D eigenvalue weighted by Crippen LogP contribution is -2.30.